The highest BCUT2D eigenvalue weighted by molar-refractivity contribution is 6.32. The first-order chi connectivity index (χ1) is 13.1. The molecule has 0 aliphatic heterocycles. The van der Waals surface area contributed by atoms with Gasteiger partial charge in [0.05, 0.1) is 31.0 Å². The number of hydrogen-bond donors (Lipinski definition) is 2. The monoisotopic (exact) mass is 384 g/mol. The van der Waals surface area contributed by atoms with E-state index in [9.17, 15) is 0 Å². The number of aromatic nitrogens is 2. The summed E-state index contributed by atoms with van der Waals surface area (Å²) >= 11 is 6.16. The Labute approximate surface area is 163 Å². The van der Waals surface area contributed by atoms with E-state index in [-0.39, 0.29) is 6.04 Å². The van der Waals surface area contributed by atoms with E-state index in [1.165, 1.54) is 0 Å². The zero-order valence-electron chi connectivity index (χ0n) is 15.4. The van der Waals surface area contributed by atoms with E-state index in [0.717, 1.165) is 5.56 Å². The van der Waals surface area contributed by atoms with Crippen molar-refractivity contribution in [2.75, 3.05) is 24.9 Å². The van der Waals surface area contributed by atoms with Gasteiger partial charge in [-0.25, -0.2) is 4.98 Å². The van der Waals surface area contributed by atoms with Gasteiger partial charge in [0.15, 0.2) is 0 Å². The summed E-state index contributed by atoms with van der Waals surface area (Å²) in [4.78, 5) is 8.82. The number of halogens is 1. The molecular formula is C20H21ClN4O2. The number of ether oxygens (including phenoxy) is 2. The van der Waals surface area contributed by atoms with Crippen molar-refractivity contribution in [1.29, 1.82) is 0 Å². The maximum Gasteiger partial charge on any atom is 0.225 e. The Kier molecular flexibility index (Phi) is 5.98. The SMILES string of the molecule is COc1cc(Nc2ccnc(NC(C)c3ccccc3)n2)c(OC)cc1Cl. The molecule has 2 N–H and O–H groups in total. The van der Waals surface area contributed by atoms with Crippen molar-refractivity contribution in [2.24, 2.45) is 0 Å². The second-order valence-electron chi connectivity index (χ2n) is 5.85. The van der Waals surface area contributed by atoms with Gasteiger partial charge in [-0.15, -0.1) is 0 Å². The van der Waals surface area contributed by atoms with Gasteiger partial charge in [0.25, 0.3) is 0 Å². The third-order valence-electron chi connectivity index (χ3n) is 4.04. The van der Waals surface area contributed by atoms with Crippen molar-refractivity contribution < 1.29 is 9.47 Å². The van der Waals surface area contributed by atoms with E-state index >= 15 is 0 Å². The largest absolute Gasteiger partial charge is 0.495 e. The molecule has 0 aliphatic rings. The molecule has 0 spiro atoms. The minimum absolute atomic E-state index is 0.0756. The van der Waals surface area contributed by atoms with Crippen LogP contribution in [0.5, 0.6) is 11.5 Å². The predicted octanol–water partition coefficient (Wildman–Crippen LogP) is 5.06. The van der Waals surface area contributed by atoms with Crippen LogP contribution in [0.1, 0.15) is 18.5 Å². The average molecular weight is 385 g/mol. The van der Waals surface area contributed by atoms with Crippen LogP contribution < -0.4 is 20.1 Å². The molecule has 7 heteroatoms. The molecule has 0 amide bonds. The first kappa shape index (κ1) is 18.8. The van der Waals surface area contributed by atoms with Crippen LogP contribution in [0.2, 0.25) is 5.02 Å². The predicted molar refractivity (Wildman–Crippen MR) is 108 cm³/mol. The molecule has 0 bridgehead atoms. The fraction of sp³-hybridized carbons (Fsp3) is 0.200. The minimum atomic E-state index is 0.0756. The van der Waals surface area contributed by atoms with E-state index in [0.29, 0.717) is 34.0 Å². The summed E-state index contributed by atoms with van der Waals surface area (Å²) in [6.45, 7) is 2.06. The summed E-state index contributed by atoms with van der Waals surface area (Å²) in [7, 11) is 3.15. The second-order valence-corrected chi connectivity index (χ2v) is 6.26. The Hall–Kier alpha value is -2.99. The lowest BCUT2D eigenvalue weighted by Crippen LogP contribution is -2.10. The van der Waals surface area contributed by atoms with Crippen molar-refractivity contribution in [3.8, 4) is 11.5 Å². The van der Waals surface area contributed by atoms with Gasteiger partial charge >= 0.3 is 0 Å². The van der Waals surface area contributed by atoms with Gasteiger partial charge in [0.2, 0.25) is 5.95 Å². The Morgan fingerprint density at radius 2 is 1.74 bits per heavy atom. The molecule has 0 aliphatic carbocycles. The van der Waals surface area contributed by atoms with Gasteiger partial charge in [0.1, 0.15) is 17.3 Å². The third-order valence-corrected chi connectivity index (χ3v) is 4.33. The topological polar surface area (TPSA) is 68.3 Å². The molecule has 3 rings (SSSR count). The molecule has 3 aromatic rings. The van der Waals surface area contributed by atoms with Crippen molar-refractivity contribution in [3.05, 3.63) is 65.3 Å². The van der Waals surface area contributed by atoms with Crippen molar-refractivity contribution >= 4 is 29.1 Å². The molecule has 6 nitrogen and oxygen atoms in total. The van der Waals surface area contributed by atoms with Gasteiger partial charge in [-0.05, 0) is 18.6 Å². The number of nitrogens with one attached hydrogen (secondary N) is 2. The molecule has 0 saturated carbocycles. The smallest absolute Gasteiger partial charge is 0.225 e. The highest BCUT2D eigenvalue weighted by atomic mass is 35.5. The first-order valence-electron chi connectivity index (χ1n) is 8.43. The van der Waals surface area contributed by atoms with Crippen LogP contribution >= 0.6 is 11.6 Å². The van der Waals surface area contributed by atoms with Gasteiger partial charge in [0, 0.05) is 18.3 Å². The summed E-state index contributed by atoms with van der Waals surface area (Å²) in [5, 5.41) is 7.00. The standard InChI is InChI=1S/C20H21ClN4O2/c1-13(14-7-5-4-6-8-14)23-20-22-10-9-19(25-20)24-16-12-17(26-2)15(21)11-18(16)27-3/h4-13H,1-3H3,(H2,22,23,24,25). The Balaban J connectivity index is 1.80. The van der Waals surface area contributed by atoms with Gasteiger partial charge < -0.3 is 20.1 Å². The average Bonchev–Trinajstić information content (AvgIpc) is 2.70. The lowest BCUT2D eigenvalue weighted by molar-refractivity contribution is 0.405. The molecule has 2 aromatic carbocycles. The van der Waals surface area contributed by atoms with Gasteiger partial charge in [-0.3, -0.25) is 0 Å². The van der Waals surface area contributed by atoms with Crippen LogP contribution in [-0.4, -0.2) is 24.2 Å². The maximum absolute atomic E-state index is 6.16. The molecule has 1 aromatic heterocycles. The number of methoxy groups -OCH3 is 2. The fourth-order valence-corrected chi connectivity index (χ4v) is 2.84. The zero-order valence-corrected chi connectivity index (χ0v) is 16.1. The lowest BCUT2D eigenvalue weighted by Gasteiger charge is -2.16. The molecule has 0 saturated heterocycles. The van der Waals surface area contributed by atoms with Crippen LogP contribution in [0.3, 0.4) is 0 Å². The van der Waals surface area contributed by atoms with E-state index in [4.69, 9.17) is 21.1 Å². The van der Waals surface area contributed by atoms with Crippen LogP contribution in [0.15, 0.2) is 54.7 Å². The molecule has 1 unspecified atom stereocenters. The van der Waals surface area contributed by atoms with E-state index < -0.39 is 0 Å². The maximum atomic E-state index is 6.16. The Bertz CT molecular complexity index is 906. The number of rotatable bonds is 7. The third kappa shape index (κ3) is 4.60. The zero-order chi connectivity index (χ0) is 19.2. The fourth-order valence-electron chi connectivity index (χ4n) is 2.61. The Morgan fingerprint density at radius 1 is 1.00 bits per heavy atom. The highest BCUT2D eigenvalue weighted by Crippen LogP contribution is 2.37. The van der Waals surface area contributed by atoms with Crippen LogP contribution in [0.4, 0.5) is 17.5 Å². The summed E-state index contributed by atoms with van der Waals surface area (Å²) in [6.07, 6.45) is 1.69. The van der Waals surface area contributed by atoms with Crippen LogP contribution in [0.25, 0.3) is 0 Å². The number of nitrogens with zero attached hydrogens (tertiary/aromatic N) is 2. The Morgan fingerprint density at radius 3 is 2.44 bits per heavy atom. The van der Waals surface area contributed by atoms with Gasteiger partial charge in [-0.2, -0.15) is 4.98 Å². The molecule has 0 radical (unpaired) electrons. The number of hydrogen-bond acceptors (Lipinski definition) is 6. The second kappa shape index (κ2) is 8.60. The van der Waals surface area contributed by atoms with Crippen LogP contribution in [0, 0.1) is 0 Å². The molecule has 1 atom stereocenters. The normalized spacial score (nSPS) is 11.6. The lowest BCUT2D eigenvalue weighted by atomic mass is 10.1. The van der Waals surface area contributed by atoms with E-state index in [2.05, 4.69) is 39.7 Å². The molecule has 0 fully saturated rings. The summed E-state index contributed by atoms with van der Waals surface area (Å²) < 4.78 is 10.7. The van der Waals surface area contributed by atoms with Crippen LogP contribution in [-0.2, 0) is 0 Å². The minimum Gasteiger partial charge on any atom is -0.495 e. The first-order valence-corrected chi connectivity index (χ1v) is 8.81. The van der Waals surface area contributed by atoms with Crippen molar-refractivity contribution in [3.63, 3.8) is 0 Å². The van der Waals surface area contributed by atoms with E-state index in [1.54, 1.807) is 38.6 Å². The van der Waals surface area contributed by atoms with E-state index in [1.807, 2.05) is 18.2 Å². The highest BCUT2D eigenvalue weighted by Gasteiger charge is 2.12. The molecular weight excluding hydrogens is 364 g/mol. The molecule has 140 valence electrons. The quantitative estimate of drug-likeness (QED) is 0.593. The summed E-state index contributed by atoms with van der Waals surface area (Å²) in [5.41, 5.74) is 1.85. The number of anilines is 3. The summed E-state index contributed by atoms with van der Waals surface area (Å²) in [5.74, 6) is 2.28. The van der Waals surface area contributed by atoms with Crippen molar-refractivity contribution in [2.45, 2.75) is 13.0 Å². The number of benzene rings is 2. The molecule has 27 heavy (non-hydrogen) atoms. The van der Waals surface area contributed by atoms with Crippen molar-refractivity contribution in [1.82, 2.24) is 9.97 Å². The summed E-state index contributed by atoms with van der Waals surface area (Å²) in [6, 6.07) is 15.4. The molecule has 1 heterocycles. The van der Waals surface area contributed by atoms with Gasteiger partial charge in [-0.1, -0.05) is 41.9 Å².